The van der Waals surface area contributed by atoms with Crippen molar-refractivity contribution in [1.29, 1.82) is 0 Å². The lowest BCUT2D eigenvalue weighted by Crippen LogP contribution is -2.39. The van der Waals surface area contributed by atoms with Crippen molar-refractivity contribution < 1.29 is 36.6 Å². The van der Waals surface area contributed by atoms with Crippen LogP contribution in [-0.2, 0) is 15.7 Å². The largest absolute Gasteiger partial charge is 0.485 e. The molecule has 0 aliphatic heterocycles. The highest BCUT2D eigenvalue weighted by molar-refractivity contribution is 7.15. The number of rotatable bonds is 7. The molecule has 0 saturated heterocycles. The van der Waals surface area contributed by atoms with Gasteiger partial charge in [-0.25, -0.2) is 14.2 Å². The molecule has 1 atom stereocenters. The van der Waals surface area contributed by atoms with Crippen molar-refractivity contribution in [2.45, 2.75) is 52.5 Å². The van der Waals surface area contributed by atoms with Gasteiger partial charge in [0.25, 0.3) is 0 Å². The highest BCUT2D eigenvalue weighted by Gasteiger charge is 2.34. The highest BCUT2D eigenvalue weighted by atomic mass is 32.1. The van der Waals surface area contributed by atoms with Gasteiger partial charge in [0, 0.05) is 5.56 Å². The number of aromatic nitrogens is 1. The number of benzene rings is 2. The van der Waals surface area contributed by atoms with Gasteiger partial charge in [-0.3, -0.25) is 0 Å². The number of alkyl halides is 3. The predicted molar refractivity (Wildman–Crippen MR) is 124 cm³/mol. The van der Waals surface area contributed by atoms with Crippen LogP contribution in [-0.4, -0.2) is 23.7 Å². The van der Waals surface area contributed by atoms with Crippen LogP contribution in [0.2, 0.25) is 0 Å². The molecule has 0 aliphatic carbocycles. The van der Waals surface area contributed by atoms with Gasteiger partial charge < -0.3 is 14.2 Å². The fraction of sp³-hybridized carbons (Fsp3) is 0.360. The molecule has 0 amide bonds. The Kier molecular flexibility index (Phi) is 7.45. The number of methoxy groups -OCH3 is 1. The average molecular weight is 512 g/mol. The molecular weight excluding hydrogens is 486 g/mol. The van der Waals surface area contributed by atoms with E-state index in [-0.39, 0.29) is 5.56 Å². The Bertz CT molecular complexity index is 1240. The van der Waals surface area contributed by atoms with Gasteiger partial charge in [-0.05, 0) is 70.5 Å². The number of carbonyl (C=O) groups excluding carboxylic acids is 1. The number of halogens is 4. The van der Waals surface area contributed by atoms with Crippen molar-refractivity contribution in [2.75, 3.05) is 7.11 Å². The van der Waals surface area contributed by atoms with E-state index in [0.717, 1.165) is 22.6 Å². The Hall–Kier alpha value is -3.14. The van der Waals surface area contributed by atoms with E-state index in [1.165, 1.54) is 24.5 Å². The molecule has 0 radical (unpaired) electrons. The van der Waals surface area contributed by atoms with Crippen molar-refractivity contribution in [1.82, 2.24) is 4.98 Å². The van der Waals surface area contributed by atoms with Crippen molar-refractivity contribution in [3.05, 3.63) is 63.9 Å². The standard InChI is InChI=1S/C25H25F4NO4S/c1-13-11-17(8-10-20(13)34-24(4,5)23(31)32-6)33-15(3)21-14(2)30-22(35-21)16-7-9-18(19(26)12-16)25(27,28)29/h7-12,15H,1-6H3. The number of hydrogen-bond acceptors (Lipinski definition) is 6. The minimum atomic E-state index is -4.76. The van der Waals surface area contributed by atoms with Crippen molar-refractivity contribution in [3.63, 3.8) is 0 Å². The van der Waals surface area contributed by atoms with Gasteiger partial charge >= 0.3 is 12.1 Å². The van der Waals surface area contributed by atoms with Crippen LogP contribution >= 0.6 is 11.3 Å². The maximum absolute atomic E-state index is 14.0. The molecular formula is C25H25F4NO4S. The van der Waals surface area contributed by atoms with Crippen LogP contribution in [0.3, 0.4) is 0 Å². The summed E-state index contributed by atoms with van der Waals surface area (Å²) in [5.41, 5.74) is -0.844. The van der Waals surface area contributed by atoms with Crippen molar-refractivity contribution in [2.24, 2.45) is 0 Å². The van der Waals surface area contributed by atoms with E-state index in [4.69, 9.17) is 14.2 Å². The Morgan fingerprint density at radius 2 is 1.77 bits per heavy atom. The lowest BCUT2D eigenvalue weighted by atomic mass is 10.1. The quantitative estimate of drug-likeness (QED) is 0.251. The lowest BCUT2D eigenvalue weighted by molar-refractivity contribution is -0.156. The molecule has 5 nitrogen and oxygen atoms in total. The third-order valence-electron chi connectivity index (χ3n) is 5.22. The number of nitrogens with zero attached hydrogens (tertiary/aromatic N) is 1. The van der Waals surface area contributed by atoms with Gasteiger partial charge in [-0.15, -0.1) is 11.3 Å². The molecule has 0 spiro atoms. The van der Waals surface area contributed by atoms with Crippen LogP contribution in [0.15, 0.2) is 36.4 Å². The number of esters is 1. The molecule has 1 unspecified atom stereocenters. The molecule has 1 heterocycles. The van der Waals surface area contributed by atoms with E-state index in [1.807, 2.05) is 13.8 Å². The summed E-state index contributed by atoms with van der Waals surface area (Å²) in [5.74, 6) is -0.800. The summed E-state index contributed by atoms with van der Waals surface area (Å²) in [7, 11) is 1.29. The van der Waals surface area contributed by atoms with Crippen LogP contribution in [0, 0.1) is 19.7 Å². The van der Waals surface area contributed by atoms with Gasteiger partial charge in [0.15, 0.2) is 5.60 Å². The molecule has 0 bridgehead atoms. The number of aryl methyl sites for hydroxylation is 2. The molecule has 0 N–H and O–H groups in total. The zero-order valence-corrected chi connectivity index (χ0v) is 20.9. The summed E-state index contributed by atoms with van der Waals surface area (Å²) < 4.78 is 69.2. The van der Waals surface area contributed by atoms with Crippen LogP contribution in [0.25, 0.3) is 10.6 Å². The zero-order valence-electron chi connectivity index (χ0n) is 20.0. The zero-order chi connectivity index (χ0) is 26.1. The van der Waals surface area contributed by atoms with Crippen LogP contribution in [0.5, 0.6) is 11.5 Å². The number of thiazole rings is 1. The molecule has 0 saturated carbocycles. The molecule has 0 aliphatic rings. The first-order chi connectivity index (χ1) is 16.2. The van der Waals surface area contributed by atoms with Gasteiger partial charge in [0.1, 0.15) is 28.4 Å². The molecule has 2 aromatic carbocycles. The third kappa shape index (κ3) is 5.93. The Morgan fingerprint density at radius 1 is 1.09 bits per heavy atom. The van der Waals surface area contributed by atoms with Crippen molar-refractivity contribution >= 4 is 17.3 Å². The summed E-state index contributed by atoms with van der Waals surface area (Å²) in [6, 6.07) is 7.93. The number of ether oxygens (including phenoxy) is 3. The van der Waals surface area contributed by atoms with Gasteiger partial charge in [0.2, 0.25) is 0 Å². The van der Waals surface area contributed by atoms with Crippen molar-refractivity contribution in [3.8, 4) is 22.1 Å². The third-order valence-corrected chi connectivity index (χ3v) is 6.59. The smallest absolute Gasteiger partial charge is 0.419 e. The fourth-order valence-electron chi connectivity index (χ4n) is 3.42. The van der Waals surface area contributed by atoms with Gasteiger partial charge in [-0.2, -0.15) is 13.2 Å². The first kappa shape index (κ1) is 26.5. The predicted octanol–water partition coefficient (Wildman–Crippen LogP) is 7.06. The van der Waals surface area contributed by atoms with E-state index in [0.29, 0.717) is 22.2 Å². The Labute approximate surface area is 204 Å². The first-order valence-corrected chi connectivity index (χ1v) is 11.4. The summed E-state index contributed by atoms with van der Waals surface area (Å²) in [6.07, 6.45) is -5.19. The summed E-state index contributed by atoms with van der Waals surface area (Å²) in [6.45, 7) is 8.61. The number of hydrogen-bond donors (Lipinski definition) is 0. The normalized spacial score (nSPS) is 12.9. The Morgan fingerprint density at radius 3 is 2.34 bits per heavy atom. The SMILES string of the molecule is COC(=O)C(C)(C)Oc1ccc(OC(C)c2sc(-c3ccc(C(F)(F)F)c(F)c3)nc2C)cc1C. The summed E-state index contributed by atoms with van der Waals surface area (Å²) in [4.78, 5) is 17.0. The molecule has 3 rings (SSSR count). The molecule has 3 aromatic rings. The van der Waals surface area contributed by atoms with E-state index < -0.39 is 35.2 Å². The highest BCUT2D eigenvalue weighted by Crippen LogP contribution is 2.38. The topological polar surface area (TPSA) is 57.7 Å². The molecule has 10 heteroatoms. The van der Waals surface area contributed by atoms with Gasteiger partial charge in [-0.1, -0.05) is 6.07 Å². The van der Waals surface area contributed by atoms with Crippen LogP contribution in [0.4, 0.5) is 17.6 Å². The monoisotopic (exact) mass is 511 g/mol. The van der Waals surface area contributed by atoms with E-state index in [2.05, 4.69) is 4.98 Å². The minimum Gasteiger partial charge on any atom is -0.485 e. The molecule has 35 heavy (non-hydrogen) atoms. The maximum atomic E-state index is 14.0. The van der Waals surface area contributed by atoms with E-state index in [1.54, 1.807) is 39.0 Å². The fourth-order valence-corrected chi connectivity index (χ4v) is 4.46. The molecule has 188 valence electrons. The van der Waals surface area contributed by atoms with E-state index in [9.17, 15) is 22.4 Å². The van der Waals surface area contributed by atoms with E-state index >= 15 is 0 Å². The maximum Gasteiger partial charge on any atom is 0.419 e. The second kappa shape index (κ2) is 9.85. The minimum absolute atomic E-state index is 0.257. The second-order valence-corrected chi connectivity index (χ2v) is 9.48. The molecule has 0 fully saturated rings. The number of carbonyl (C=O) groups is 1. The van der Waals surface area contributed by atoms with Crippen LogP contribution in [0.1, 0.15) is 48.6 Å². The lowest BCUT2D eigenvalue weighted by Gasteiger charge is -2.24. The first-order valence-electron chi connectivity index (χ1n) is 10.6. The summed E-state index contributed by atoms with van der Waals surface area (Å²) >= 11 is 1.22. The Balaban J connectivity index is 1.78. The molecule has 1 aromatic heterocycles. The van der Waals surface area contributed by atoms with Crippen LogP contribution < -0.4 is 9.47 Å². The van der Waals surface area contributed by atoms with Gasteiger partial charge in [0.05, 0.1) is 23.2 Å². The average Bonchev–Trinajstić information content (AvgIpc) is 3.15. The summed E-state index contributed by atoms with van der Waals surface area (Å²) in [5, 5.41) is 0.394. The second-order valence-electron chi connectivity index (χ2n) is 8.45.